The molecule has 0 unspecified atom stereocenters. The van der Waals surface area contributed by atoms with Gasteiger partial charge in [0.2, 0.25) is 0 Å². The molecule has 1 aliphatic heterocycles. The molecule has 1 heterocycles. The number of nitro benzene ring substituents is 1. The Bertz CT molecular complexity index is 464. The first-order valence-electron chi connectivity index (χ1n) is 6.25. The lowest BCUT2D eigenvalue weighted by molar-refractivity contribution is -0.385. The summed E-state index contributed by atoms with van der Waals surface area (Å²) in [5, 5.41) is 14.6. The summed E-state index contributed by atoms with van der Waals surface area (Å²) in [4.78, 5) is 10.7. The Labute approximate surface area is 100 Å². The fourth-order valence-corrected chi connectivity index (χ4v) is 3.25. The van der Waals surface area contributed by atoms with Gasteiger partial charge in [0, 0.05) is 23.7 Å². The molecule has 0 amide bonds. The van der Waals surface area contributed by atoms with E-state index in [4.69, 9.17) is 0 Å². The Morgan fingerprint density at radius 3 is 2.71 bits per heavy atom. The smallest absolute Gasteiger partial charge is 0.274 e. The van der Waals surface area contributed by atoms with Crippen molar-refractivity contribution in [1.29, 1.82) is 0 Å². The molecule has 90 valence electrons. The predicted octanol–water partition coefficient (Wildman–Crippen LogP) is 3.27. The zero-order chi connectivity index (χ0) is 11.9. The third-order valence-corrected chi connectivity index (χ3v) is 4.07. The van der Waals surface area contributed by atoms with E-state index in [2.05, 4.69) is 5.32 Å². The minimum atomic E-state index is -0.262. The van der Waals surface area contributed by atoms with Crippen molar-refractivity contribution in [2.24, 2.45) is 0 Å². The molecule has 4 heteroatoms. The summed E-state index contributed by atoms with van der Waals surface area (Å²) in [6.45, 7) is 0. The second-order valence-electron chi connectivity index (χ2n) is 5.20. The zero-order valence-corrected chi connectivity index (χ0v) is 9.74. The van der Waals surface area contributed by atoms with Gasteiger partial charge in [-0.2, -0.15) is 0 Å². The van der Waals surface area contributed by atoms with Crippen LogP contribution >= 0.6 is 0 Å². The molecular formula is C13H16N2O2. The summed E-state index contributed by atoms with van der Waals surface area (Å²) in [6, 6.07) is 5.35. The van der Waals surface area contributed by atoms with Crippen molar-refractivity contribution in [3.05, 3.63) is 33.9 Å². The Morgan fingerprint density at radius 1 is 1.24 bits per heavy atom. The largest absolute Gasteiger partial charge is 0.379 e. The normalized spacial score (nSPS) is 20.9. The second kappa shape index (κ2) is 3.72. The van der Waals surface area contributed by atoms with Crippen LogP contribution in [-0.4, -0.2) is 10.5 Å². The number of rotatable bonds is 1. The van der Waals surface area contributed by atoms with E-state index in [1.165, 1.54) is 19.3 Å². The Morgan fingerprint density at radius 2 is 2.00 bits per heavy atom. The van der Waals surface area contributed by atoms with Crippen LogP contribution in [0.5, 0.6) is 0 Å². The predicted molar refractivity (Wildman–Crippen MR) is 66.2 cm³/mol. The van der Waals surface area contributed by atoms with Crippen molar-refractivity contribution in [3.8, 4) is 0 Å². The molecule has 1 aromatic rings. The number of hydrogen-bond acceptors (Lipinski definition) is 3. The molecule has 1 aromatic carbocycles. The molecule has 2 aliphatic rings. The average Bonchev–Trinajstić information content (AvgIpc) is 2.66. The van der Waals surface area contributed by atoms with E-state index >= 15 is 0 Å². The molecule has 0 aromatic heterocycles. The van der Waals surface area contributed by atoms with Crippen LogP contribution in [0, 0.1) is 10.1 Å². The topological polar surface area (TPSA) is 55.2 Å². The first-order valence-corrected chi connectivity index (χ1v) is 6.25. The standard InChI is InChI=1S/C13H16N2O2/c16-15(17)12-6-4-5-11-10(12)9-13(14-11)7-2-1-3-8-13/h4-6,14H,1-3,7-9H2. The summed E-state index contributed by atoms with van der Waals surface area (Å²) in [6.07, 6.45) is 6.85. The van der Waals surface area contributed by atoms with Crippen LogP contribution in [0.1, 0.15) is 37.7 Å². The lowest BCUT2D eigenvalue weighted by Gasteiger charge is -2.34. The van der Waals surface area contributed by atoms with E-state index in [-0.39, 0.29) is 16.1 Å². The van der Waals surface area contributed by atoms with Gasteiger partial charge in [0.05, 0.1) is 10.5 Å². The van der Waals surface area contributed by atoms with Crippen LogP contribution in [0.25, 0.3) is 0 Å². The first-order chi connectivity index (χ1) is 8.20. The summed E-state index contributed by atoms with van der Waals surface area (Å²) in [5.74, 6) is 0. The van der Waals surface area contributed by atoms with E-state index in [9.17, 15) is 10.1 Å². The van der Waals surface area contributed by atoms with Gasteiger partial charge in [-0.15, -0.1) is 0 Å². The van der Waals surface area contributed by atoms with Crippen LogP contribution in [0.15, 0.2) is 18.2 Å². The minimum absolute atomic E-state index is 0.104. The number of fused-ring (bicyclic) bond motifs is 1. The van der Waals surface area contributed by atoms with Crippen molar-refractivity contribution >= 4 is 11.4 Å². The average molecular weight is 232 g/mol. The number of anilines is 1. The molecule has 1 N–H and O–H groups in total. The van der Waals surface area contributed by atoms with Crippen molar-refractivity contribution in [2.75, 3.05) is 5.32 Å². The molecule has 17 heavy (non-hydrogen) atoms. The van der Waals surface area contributed by atoms with Crippen LogP contribution in [0.4, 0.5) is 11.4 Å². The number of nitrogens with one attached hydrogen (secondary N) is 1. The van der Waals surface area contributed by atoms with Gasteiger partial charge in [0.15, 0.2) is 0 Å². The molecule has 1 fully saturated rings. The number of benzene rings is 1. The van der Waals surface area contributed by atoms with Gasteiger partial charge in [-0.05, 0) is 18.9 Å². The van der Waals surface area contributed by atoms with E-state index < -0.39 is 0 Å². The van der Waals surface area contributed by atoms with Gasteiger partial charge in [-0.3, -0.25) is 10.1 Å². The molecule has 3 rings (SSSR count). The highest BCUT2D eigenvalue weighted by molar-refractivity contribution is 5.66. The summed E-state index contributed by atoms with van der Waals surface area (Å²) >= 11 is 0. The first kappa shape index (κ1) is 10.6. The van der Waals surface area contributed by atoms with Gasteiger partial charge in [0.1, 0.15) is 0 Å². The maximum Gasteiger partial charge on any atom is 0.274 e. The third kappa shape index (κ3) is 1.68. The van der Waals surface area contributed by atoms with E-state index in [0.29, 0.717) is 0 Å². The highest BCUT2D eigenvalue weighted by Crippen LogP contribution is 2.44. The van der Waals surface area contributed by atoms with Gasteiger partial charge < -0.3 is 5.32 Å². The summed E-state index contributed by atoms with van der Waals surface area (Å²) in [5.41, 5.74) is 2.25. The van der Waals surface area contributed by atoms with Gasteiger partial charge in [0.25, 0.3) is 5.69 Å². The van der Waals surface area contributed by atoms with Crippen LogP contribution in [0.3, 0.4) is 0 Å². The van der Waals surface area contributed by atoms with Crippen LogP contribution < -0.4 is 5.32 Å². The van der Waals surface area contributed by atoms with Crippen LogP contribution in [0.2, 0.25) is 0 Å². The highest BCUT2D eigenvalue weighted by Gasteiger charge is 2.40. The lowest BCUT2D eigenvalue weighted by atomic mass is 9.80. The Kier molecular flexibility index (Phi) is 2.31. The quantitative estimate of drug-likeness (QED) is 0.597. The fraction of sp³-hybridized carbons (Fsp3) is 0.538. The molecular weight excluding hydrogens is 216 g/mol. The van der Waals surface area contributed by atoms with Crippen molar-refractivity contribution in [1.82, 2.24) is 0 Å². The van der Waals surface area contributed by atoms with Crippen LogP contribution in [-0.2, 0) is 6.42 Å². The molecule has 0 atom stereocenters. The minimum Gasteiger partial charge on any atom is -0.379 e. The van der Waals surface area contributed by atoms with E-state index in [0.717, 1.165) is 30.5 Å². The summed E-state index contributed by atoms with van der Waals surface area (Å²) < 4.78 is 0. The van der Waals surface area contributed by atoms with Crippen molar-refractivity contribution < 1.29 is 4.92 Å². The van der Waals surface area contributed by atoms with Gasteiger partial charge in [-0.1, -0.05) is 25.3 Å². The van der Waals surface area contributed by atoms with Crippen molar-refractivity contribution in [2.45, 2.75) is 44.1 Å². The third-order valence-electron chi connectivity index (χ3n) is 4.07. The fourth-order valence-electron chi connectivity index (χ4n) is 3.25. The lowest BCUT2D eigenvalue weighted by Crippen LogP contribution is -2.38. The van der Waals surface area contributed by atoms with Gasteiger partial charge >= 0.3 is 0 Å². The molecule has 0 saturated heterocycles. The highest BCUT2D eigenvalue weighted by atomic mass is 16.6. The summed E-state index contributed by atoms with van der Waals surface area (Å²) in [7, 11) is 0. The Hall–Kier alpha value is -1.58. The number of hydrogen-bond donors (Lipinski definition) is 1. The molecule has 0 radical (unpaired) electrons. The van der Waals surface area contributed by atoms with Gasteiger partial charge in [-0.25, -0.2) is 0 Å². The van der Waals surface area contributed by atoms with E-state index in [1.54, 1.807) is 12.1 Å². The Balaban J connectivity index is 1.97. The number of nitro groups is 1. The molecule has 4 nitrogen and oxygen atoms in total. The molecule has 1 saturated carbocycles. The van der Waals surface area contributed by atoms with Crippen molar-refractivity contribution in [3.63, 3.8) is 0 Å². The molecule has 0 bridgehead atoms. The number of nitrogens with zero attached hydrogens (tertiary/aromatic N) is 1. The second-order valence-corrected chi connectivity index (χ2v) is 5.20. The monoisotopic (exact) mass is 232 g/mol. The molecule has 1 spiro atoms. The zero-order valence-electron chi connectivity index (χ0n) is 9.74. The maximum atomic E-state index is 11.0. The SMILES string of the molecule is O=[N+]([O-])c1cccc2c1CC1(CCCCC1)N2. The maximum absolute atomic E-state index is 11.0. The molecule has 1 aliphatic carbocycles. The van der Waals surface area contributed by atoms with E-state index in [1.807, 2.05) is 6.07 Å².